The van der Waals surface area contributed by atoms with Gasteiger partial charge in [0.05, 0.1) is 23.3 Å². The number of carbonyl (C=O) groups is 2. The standard InChI is InChI=1S/C22H22N2O6S/c1-2-16-6-3-4-8-20(16)24-21(25)15-30-22(26)17-9-11-19(12-10-17)31(27,28)23-14-18-7-5-13-29-18/h3-13,23H,2,14-15H2,1H3,(H,24,25). The van der Waals surface area contributed by atoms with E-state index in [-0.39, 0.29) is 17.0 Å². The van der Waals surface area contributed by atoms with Crippen molar-refractivity contribution in [3.05, 3.63) is 83.8 Å². The third-order valence-electron chi connectivity index (χ3n) is 4.42. The molecule has 8 nitrogen and oxygen atoms in total. The van der Waals surface area contributed by atoms with E-state index in [0.717, 1.165) is 12.0 Å². The third-order valence-corrected chi connectivity index (χ3v) is 5.84. The zero-order chi connectivity index (χ0) is 22.3. The summed E-state index contributed by atoms with van der Waals surface area (Å²) in [7, 11) is -3.77. The van der Waals surface area contributed by atoms with E-state index in [1.807, 2.05) is 19.1 Å². The highest BCUT2D eigenvalue weighted by atomic mass is 32.2. The summed E-state index contributed by atoms with van der Waals surface area (Å²) in [4.78, 5) is 24.3. The Morgan fingerprint density at radius 1 is 1.00 bits per heavy atom. The number of benzene rings is 2. The number of hydrogen-bond donors (Lipinski definition) is 2. The van der Waals surface area contributed by atoms with Gasteiger partial charge in [0.25, 0.3) is 5.91 Å². The molecule has 0 aliphatic rings. The summed E-state index contributed by atoms with van der Waals surface area (Å²) in [5.74, 6) is -0.717. The number of carbonyl (C=O) groups excluding carboxylic acids is 2. The van der Waals surface area contributed by atoms with Crippen LogP contribution in [0.5, 0.6) is 0 Å². The highest BCUT2D eigenvalue weighted by molar-refractivity contribution is 7.89. The highest BCUT2D eigenvalue weighted by Crippen LogP contribution is 2.16. The van der Waals surface area contributed by atoms with E-state index in [9.17, 15) is 18.0 Å². The maximum atomic E-state index is 12.3. The Morgan fingerprint density at radius 3 is 2.42 bits per heavy atom. The molecule has 0 unspecified atom stereocenters. The third kappa shape index (κ3) is 6.03. The molecular formula is C22H22N2O6S. The van der Waals surface area contributed by atoms with E-state index in [0.29, 0.717) is 11.4 Å². The van der Waals surface area contributed by atoms with Crippen LogP contribution in [-0.2, 0) is 32.5 Å². The molecule has 1 heterocycles. The van der Waals surface area contributed by atoms with Gasteiger partial charge in [-0.05, 0) is 54.4 Å². The first-order valence-electron chi connectivity index (χ1n) is 9.56. The SMILES string of the molecule is CCc1ccccc1NC(=O)COC(=O)c1ccc(S(=O)(=O)NCc2ccco2)cc1. The molecule has 3 rings (SSSR count). The lowest BCUT2D eigenvalue weighted by Crippen LogP contribution is -2.23. The molecule has 162 valence electrons. The van der Waals surface area contributed by atoms with Crippen molar-refractivity contribution in [1.82, 2.24) is 4.72 Å². The van der Waals surface area contributed by atoms with Gasteiger partial charge in [-0.2, -0.15) is 0 Å². The van der Waals surface area contributed by atoms with Crippen LogP contribution >= 0.6 is 0 Å². The van der Waals surface area contributed by atoms with Crippen molar-refractivity contribution in [2.45, 2.75) is 24.8 Å². The molecule has 1 aromatic heterocycles. The van der Waals surface area contributed by atoms with Crippen LogP contribution in [0.1, 0.15) is 28.6 Å². The molecule has 3 aromatic rings. The van der Waals surface area contributed by atoms with Crippen molar-refractivity contribution in [1.29, 1.82) is 0 Å². The second-order valence-corrected chi connectivity index (χ2v) is 8.33. The van der Waals surface area contributed by atoms with E-state index in [4.69, 9.17) is 9.15 Å². The summed E-state index contributed by atoms with van der Waals surface area (Å²) in [6, 6.07) is 15.9. The lowest BCUT2D eigenvalue weighted by Gasteiger charge is -2.10. The lowest BCUT2D eigenvalue weighted by molar-refractivity contribution is -0.119. The predicted octanol–water partition coefficient (Wildman–Crippen LogP) is 3.12. The van der Waals surface area contributed by atoms with Crippen molar-refractivity contribution in [3.63, 3.8) is 0 Å². The van der Waals surface area contributed by atoms with E-state index in [2.05, 4.69) is 10.0 Å². The molecule has 0 atom stereocenters. The smallest absolute Gasteiger partial charge is 0.338 e. The van der Waals surface area contributed by atoms with Crippen molar-refractivity contribution in [2.24, 2.45) is 0 Å². The van der Waals surface area contributed by atoms with Crippen LogP contribution in [0.2, 0.25) is 0 Å². The number of sulfonamides is 1. The van der Waals surface area contributed by atoms with Crippen molar-refractivity contribution >= 4 is 27.6 Å². The predicted molar refractivity (Wildman–Crippen MR) is 114 cm³/mol. The number of amides is 1. The summed E-state index contributed by atoms with van der Waals surface area (Å²) >= 11 is 0. The van der Waals surface area contributed by atoms with Gasteiger partial charge < -0.3 is 14.5 Å². The number of nitrogens with one attached hydrogen (secondary N) is 2. The van der Waals surface area contributed by atoms with Crippen LogP contribution in [0, 0.1) is 0 Å². The van der Waals surface area contributed by atoms with Gasteiger partial charge in [0.15, 0.2) is 6.61 Å². The van der Waals surface area contributed by atoms with E-state index >= 15 is 0 Å². The van der Waals surface area contributed by atoms with Crippen LogP contribution in [-0.4, -0.2) is 26.9 Å². The second-order valence-electron chi connectivity index (χ2n) is 6.56. The molecule has 1 amide bonds. The van der Waals surface area contributed by atoms with Crippen LogP contribution in [0.3, 0.4) is 0 Å². The Kier molecular flexibility index (Phi) is 7.22. The summed E-state index contributed by atoms with van der Waals surface area (Å²) in [6.45, 7) is 1.53. The van der Waals surface area contributed by atoms with Gasteiger partial charge in [0, 0.05) is 5.69 Å². The van der Waals surface area contributed by atoms with Gasteiger partial charge in [0.1, 0.15) is 5.76 Å². The maximum absolute atomic E-state index is 12.3. The molecule has 0 radical (unpaired) electrons. The maximum Gasteiger partial charge on any atom is 0.338 e. The molecular weight excluding hydrogens is 420 g/mol. The molecule has 31 heavy (non-hydrogen) atoms. The molecule has 9 heteroatoms. The number of rotatable bonds is 9. The Bertz CT molecular complexity index is 1140. The Hall–Kier alpha value is -3.43. The first-order chi connectivity index (χ1) is 14.9. The van der Waals surface area contributed by atoms with Gasteiger partial charge >= 0.3 is 5.97 Å². The normalized spacial score (nSPS) is 11.1. The van der Waals surface area contributed by atoms with Crippen LogP contribution in [0.15, 0.2) is 76.2 Å². The number of furan rings is 1. The van der Waals surface area contributed by atoms with E-state index in [1.54, 1.807) is 24.3 Å². The first kappa shape index (κ1) is 22.3. The number of para-hydroxylation sites is 1. The number of hydrogen-bond acceptors (Lipinski definition) is 6. The number of ether oxygens (including phenoxy) is 1. The van der Waals surface area contributed by atoms with Crippen molar-refractivity contribution < 1.29 is 27.2 Å². The van der Waals surface area contributed by atoms with Gasteiger partial charge in [-0.15, -0.1) is 0 Å². The van der Waals surface area contributed by atoms with Gasteiger partial charge in [-0.3, -0.25) is 4.79 Å². The topological polar surface area (TPSA) is 115 Å². The fourth-order valence-electron chi connectivity index (χ4n) is 2.78. The number of aryl methyl sites for hydroxylation is 1. The summed E-state index contributed by atoms with van der Waals surface area (Å²) in [5.41, 5.74) is 1.77. The summed E-state index contributed by atoms with van der Waals surface area (Å²) in [6.07, 6.45) is 2.20. The quantitative estimate of drug-likeness (QED) is 0.492. The van der Waals surface area contributed by atoms with E-state index < -0.39 is 28.5 Å². The largest absolute Gasteiger partial charge is 0.468 e. The Labute approximate surface area is 180 Å². The zero-order valence-corrected chi connectivity index (χ0v) is 17.6. The average Bonchev–Trinajstić information content (AvgIpc) is 3.30. The minimum absolute atomic E-state index is 0.00932. The fraction of sp³-hybridized carbons (Fsp3) is 0.182. The number of esters is 1. The van der Waals surface area contributed by atoms with Crippen molar-refractivity contribution in [2.75, 3.05) is 11.9 Å². The molecule has 2 N–H and O–H groups in total. The van der Waals surface area contributed by atoms with Gasteiger partial charge in [-0.1, -0.05) is 25.1 Å². The minimum Gasteiger partial charge on any atom is -0.468 e. The molecule has 0 bridgehead atoms. The molecule has 0 aliphatic carbocycles. The average molecular weight is 442 g/mol. The molecule has 0 aliphatic heterocycles. The molecule has 2 aromatic carbocycles. The van der Waals surface area contributed by atoms with Crippen molar-refractivity contribution in [3.8, 4) is 0 Å². The first-order valence-corrected chi connectivity index (χ1v) is 11.0. The number of anilines is 1. The summed E-state index contributed by atoms with van der Waals surface area (Å²) < 4.78 is 37.2. The highest BCUT2D eigenvalue weighted by Gasteiger charge is 2.16. The van der Waals surface area contributed by atoms with Crippen LogP contribution < -0.4 is 10.0 Å². The Morgan fingerprint density at radius 2 is 1.74 bits per heavy atom. The zero-order valence-electron chi connectivity index (χ0n) is 16.8. The van der Waals surface area contributed by atoms with E-state index in [1.165, 1.54) is 30.5 Å². The van der Waals surface area contributed by atoms with Gasteiger partial charge in [-0.25, -0.2) is 17.9 Å². The molecule has 0 saturated carbocycles. The summed E-state index contributed by atoms with van der Waals surface area (Å²) in [5, 5.41) is 2.71. The van der Waals surface area contributed by atoms with Crippen LogP contribution in [0.4, 0.5) is 5.69 Å². The molecule has 0 fully saturated rings. The molecule has 0 saturated heterocycles. The fourth-order valence-corrected chi connectivity index (χ4v) is 3.78. The second kappa shape index (κ2) is 10.1. The monoisotopic (exact) mass is 442 g/mol. The minimum atomic E-state index is -3.77. The van der Waals surface area contributed by atoms with Gasteiger partial charge in [0.2, 0.25) is 10.0 Å². The Balaban J connectivity index is 1.54. The van der Waals surface area contributed by atoms with Crippen LogP contribution in [0.25, 0.3) is 0 Å². The lowest BCUT2D eigenvalue weighted by atomic mass is 10.1. The molecule has 0 spiro atoms.